The highest BCUT2D eigenvalue weighted by Crippen LogP contribution is 2.53. The zero-order valence-corrected chi connectivity index (χ0v) is 17.9. The number of hydrogen-bond donors (Lipinski definition) is 2. The van der Waals surface area contributed by atoms with Crippen LogP contribution in [0.3, 0.4) is 0 Å². The fourth-order valence-corrected chi connectivity index (χ4v) is 3.68. The highest BCUT2D eigenvalue weighted by molar-refractivity contribution is 6.13. The number of allylic oxidation sites excluding steroid dienone is 1. The van der Waals surface area contributed by atoms with Gasteiger partial charge in [0, 0.05) is 41.5 Å². The largest absolute Gasteiger partial charge is 0.595 e. The summed E-state index contributed by atoms with van der Waals surface area (Å²) in [5.41, 5.74) is -3.98. The zero-order valence-electron chi connectivity index (χ0n) is 17.9. The van der Waals surface area contributed by atoms with Crippen LogP contribution in [0.1, 0.15) is 28.4 Å². The second-order valence-corrected chi connectivity index (χ2v) is 6.96. The van der Waals surface area contributed by atoms with Crippen LogP contribution in [-0.2, 0) is 9.47 Å². The molecule has 0 aliphatic heterocycles. The molecule has 0 saturated heterocycles. The van der Waals surface area contributed by atoms with Crippen molar-refractivity contribution in [3.8, 4) is 23.3 Å². The number of nitro benzene ring substituents is 2. The average molecular weight is 481 g/mol. The fraction of sp³-hybridized carbons (Fsp3) is 0.190. The third-order valence-electron chi connectivity index (χ3n) is 5.04. The molecule has 14 heteroatoms. The minimum absolute atomic E-state index is 0.0319. The summed E-state index contributed by atoms with van der Waals surface area (Å²) in [5, 5.41) is 62.2. The number of nitro groups is 2. The first-order chi connectivity index (χ1) is 16.7. The molecular weight excluding hydrogens is 466 g/mol. The van der Waals surface area contributed by atoms with E-state index in [0.717, 1.165) is 18.2 Å². The van der Waals surface area contributed by atoms with Crippen molar-refractivity contribution in [1.82, 2.24) is 0 Å². The molecule has 0 radical (unpaired) electrons. The maximum atomic E-state index is 12.9. The van der Waals surface area contributed by atoms with Gasteiger partial charge >= 0.3 is 5.97 Å². The molecule has 0 saturated carbocycles. The molecule has 0 fully saturated rings. The van der Waals surface area contributed by atoms with Crippen molar-refractivity contribution < 1.29 is 34.5 Å². The molecule has 1 aliphatic carbocycles. The van der Waals surface area contributed by atoms with Crippen molar-refractivity contribution in [2.45, 2.75) is 6.92 Å². The van der Waals surface area contributed by atoms with Crippen LogP contribution in [0.4, 0.5) is 17.1 Å². The van der Waals surface area contributed by atoms with Gasteiger partial charge in [-0.2, -0.15) is 15.8 Å². The third-order valence-corrected chi connectivity index (χ3v) is 5.04. The van der Waals surface area contributed by atoms with Gasteiger partial charge in [-0.05, 0) is 12.5 Å². The van der Waals surface area contributed by atoms with Gasteiger partial charge in [-0.1, -0.05) is 0 Å². The Hall–Kier alpha value is -4.73. The van der Waals surface area contributed by atoms with Gasteiger partial charge in [-0.25, -0.2) is 10.0 Å². The number of nitrogens with zero attached hydrogens (tertiary/aromatic N) is 4. The first-order valence-electron chi connectivity index (χ1n) is 9.84. The summed E-state index contributed by atoms with van der Waals surface area (Å²) in [6.45, 7) is 1.89. The molecule has 178 valence electrons. The van der Waals surface area contributed by atoms with Crippen LogP contribution in [0.15, 0.2) is 29.8 Å². The summed E-state index contributed by atoms with van der Waals surface area (Å²) in [5.74, 6) is -1.04. The van der Waals surface area contributed by atoms with E-state index in [1.807, 2.05) is 0 Å². The van der Waals surface area contributed by atoms with Crippen molar-refractivity contribution in [2.24, 2.45) is 0 Å². The first-order valence-corrected chi connectivity index (χ1v) is 9.84. The summed E-state index contributed by atoms with van der Waals surface area (Å²) < 4.78 is 10.2. The lowest BCUT2D eigenvalue weighted by atomic mass is 9.96. The molecule has 35 heavy (non-hydrogen) atoms. The Kier molecular flexibility index (Phi) is 7.14. The van der Waals surface area contributed by atoms with Crippen molar-refractivity contribution in [3.05, 3.63) is 72.0 Å². The Morgan fingerprint density at radius 2 is 1.71 bits per heavy atom. The normalized spacial score (nSPS) is 12.1. The van der Waals surface area contributed by atoms with Crippen molar-refractivity contribution in [1.29, 1.82) is 10.5 Å². The van der Waals surface area contributed by atoms with E-state index in [-0.39, 0.29) is 46.6 Å². The fourth-order valence-electron chi connectivity index (χ4n) is 3.68. The van der Waals surface area contributed by atoms with Gasteiger partial charge in [0.15, 0.2) is 5.69 Å². The van der Waals surface area contributed by atoms with Crippen LogP contribution in [0.5, 0.6) is 0 Å². The number of carbonyl (C=O) groups excluding carboxylic acids is 1. The van der Waals surface area contributed by atoms with Gasteiger partial charge in [0.25, 0.3) is 11.4 Å². The molecule has 2 aromatic rings. The number of ether oxygens (including phenoxy) is 2. The van der Waals surface area contributed by atoms with E-state index < -0.39 is 43.7 Å². The molecule has 2 N–H and O–H groups in total. The van der Waals surface area contributed by atoms with Crippen LogP contribution in [0.25, 0.3) is 16.7 Å². The zero-order chi connectivity index (χ0) is 25.9. The highest BCUT2D eigenvalue weighted by atomic mass is 16.8. The van der Waals surface area contributed by atoms with Crippen molar-refractivity contribution in [3.63, 3.8) is 0 Å². The summed E-state index contributed by atoms with van der Waals surface area (Å²) in [6, 6.07) is 6.82. The van der Waals surface area contributed by atoms with Gasteiger partial charge in [0.05, 0.1) is 33.6 Å². The number of nitrogens with one attached hydrogen (secondary N) is 1. The van der Waals surface area contributed by atoms with Crippen molar-refractivity contribution in [2.75, 3.05) is 19.8 Å². The predicted octanol–water partition coefficient (Wildman–Crippen LogP) is 1.93. The van der Waals surface area contributed by atoms with E-state index >= 15 is 0 Å². The van der Waals surface area contributed by atoms with Gasteiger partial charge in [-0.3, -0.25) is 20.2 Å². The lowest BCUT2D eigenvalue weighted by Crippen LogP contribution is -2.99. The third kappa shape index (κ3) is 4.54. The SMILES string of the molecule is CCOCCOC(=O)c1cc([NH+]([O-])O)cc2c1-c1c(cc([N+](=O)[O-])cc1[N+](=O)[O-])C2=C(C#N)C#N. The molecule has 0 heterocycles. The maximum absolute atomic E-state index is 12.9. The van der Waals surface area contributed by atoms with Crippen molar-refractivity contribution >= 4 is 28.6 Å². The lowest BCUT2D eigenvalue weighted by molar-refractivity contribution is -0.991. The first kappa shape index (κ1) is 24.9. The van der Waals surface area contributed by atoms with Gasteiger partial charge in [0.2, 0.25) is 0 Å². The molecular formula is C21H15N5O9. The van der Waals surface area contributed by atoms with E-state index in [9.17, 15) is 46.0 Å². The van der Waals surface area contributed by atoms with Crippen LogP contribution >= 0.6 is 0 Å². The quantitative estimate of drug-likeness (QED) is 0.156. The molecule has 3 rings (SSSR count). The number of hydrogen-bond acceptors (Lipinski definition) is 11. The topological polar surface area (TPSA) is 217 Å². The second-order valence-electron chi connectivity index (χ2n) is 6.96. The smallest absolute Gasteiger partial charge is 0.339 e. The molecule has 0 amide bonds. The monoisotopic (exact) mass is 481 g/mol. The van der Waals surface area contributed by atoms with E-state index in [1.165, 1.54) is 0 Å². The van der Waals surface area contributed by atoms with Gasteiger partial charge in [-0.15, -0.1) is 0 Å². The van der Waals surface area contributed by atoms with Gasteiger partial charge in [0.1, 0.15) is 24.3 Å². The highest BCUT2D eigenvalue weighted by Gasteiger charge is 2.39. The summed E-state index contributed by atoms with van der Waals surface area (Å²) >= 11 is 0. The minimum atomic E-state index is -1.47. The van der Waals surface area contributed by atoms with Crippen LogP contribution in [-0.4, -0.2) is 40.8 Å². The Bertz CT molecular complexity index is 1350. The predicted molar refractivity (Wildman–Crippen MR) is 115 cm³/mol. The number of quaternary nitrogens is 1. The summed E-state index contributed by atoms with van der Waals surface area (Å²) in [7, 11) is 0. The number of rotatable bonds is 8. The molecule has 0 spiro atoms. The average Bonchev–Trinajstić information content (AvgIpc) is 3.15. The number of benzene rings is 2. The van der Waals surface area contributed by atoms with Crippen LogP contribution in [0.2, 0.25) is 0 Å². The standard InChI is InChI=1S/C21H15N5O9/c1-2-34-3-4-35-21(27)16-7-12(24(28)29)5-14-18(11(9-22)10-23)15-6-13(25(30)31)8-17(26(32)33)20(15)19(14)16/h5-8,24,28H,2-4H2,1H3. The molecule has 0 aromatic heterocycles. The van der Waals surface area contributed by atoms with Crippen LogP contribution < -0.4 is 5.23 Å². The molecule has 0 bridgehead atoms. The molecule has 1 atom stereocenters. The van der Waals surface area contributed by atoms with E-state index in [2.05, 4.69) is 0 Å². The Morgan fingerprint density at radius 3 is 2.26 bits per heavy atom. The molecule has 2 aromatic carbocycles. The molecule has 14 nitrogen and oxygen atoms in total. The second kappa shape index (κ2) is 10.0. The minimum Gasteiger partial charge on any atom is -0.595 e. The lowest BCUT2D eigenvalue weighted by Gasteiger charge is -2.16. The van der Waals surface area contributed by atoms with Gasteiger partial charge < -0.3 is 14.7 Å². The van der Waals surface area contributed by atoms with Crippen LogP contribution in [0, 0.1) is 48.1 Å². The molecule has 1 aliphatic rings. The van der Waals surface area contributed by atoms with E-state index in [1.54, 1.807) is 19.1 Å². The van der Waals surface area contributed by atoms with E-state index in [4.69, 9.17) is 9.47 Å². The Balaban J connectivity index is 2.45. The number of nitriles is 2. The number of non-ortho nitro benzene ring substituents is 1. The number of fused-ring (bicyclic) bond motifs is 3. The summed E-state index contributed by atoms with van der Waals surface area (Å²) in [6.07, 6.45) is 0. The summed E-state index contributed by atoms with van der Waals surface area (Å²) in [4.78, 5) is 34.4. The maximum Gasteiger partial charge on any atom is 0.339 e. The number of carbonyl (C=O) groups is 1. The Labute approximate surface area is 196 Å². The number of esters is 1. The molecule has 1 unspecified atom stereocenters. The Morgan fingerprint density at radius 1 is 1.06 bits per heavy atom. The van der Waals surface area contributed by atoms with E-state index in [0.29, 0.717) is 12.7 Å².